The number of esters is 2. The molecule has 0 amide bonds. The molecular weight excluding hydrogens is 760 g/mol. The summed E-state index contributed by atoms with van der Waals surface area (Å²) < 4.78 is 16.4. The number of Topliss-reactive ketones (excluding diaryl/α,β-unsaturated/α-hetero) is 2. The van der Waals surface area contributed by atoms with Gasteiger partial charge in [0.15, 0.2) is 69.0 Å². The monoisotopic (exact) mass is 788 g/mol. The fourth-order valence-corrected chi connectivity index (χ4v) is 5.69. The molecule has 1 fully saturated rings. The normalized spacial score (nSPS) is 21.9. The molecule has 0 bridgehead atoms. The van der Waals surface area contributed by atoms with E-state index in [1.165, 1.54) is 0 Å². The van der Waals surface area contributed by atoms with Gasteiger partial charge in [0.25, 0.3) is 5.60 Å². The van der Waals surface area contributed by atoms with Gasteiger partial charge in [-0.2, -0.15) is 0 Å². The van der Waals surface area contributed by atoms with Crippen LogP contribution in [0.4, 0.5) is 0 Å². The summed E-state index contributed by atoms with van der Waals surface area (Å²) in [5, 5.41) is 155. The quantitative estimate of drug-likeness (QED) is 0.0576. The van der Waals surface area contributed by atoms with Crippen molar-refractivity contribution in [2.45, 2.75) is 29.7 Å². The zero-order valence-electron chi connectivity index (χ0n) is 27.6. The zero-order chi connectivity index (χ0) is 41.8. The lowest BCUT2D eigenvalue weighted by molar-refractivity contribution is -0.341. The Morgan fingerprint density at radius 1 is 0.500 bits per heavy atom. The number of hydrogen-bond donors (Lipinski definition) is 15. The minimum atomic E-state index is -4.26. The summed E-state index contributed by atoms with van der Waals surface area (Å²) >= 11 is 0. The molecule has 0 spiro atoms. The standard InChI is InChI=1S/C34H28O22/c35-9-22-27(48)30(51)33(28(49)10-1-14(36)23(44)15(37)2-10,55-31(52)12-5-18(40)25(46)19(41)6-12)34(54-22,29(50)11-3-16(38)24(45)17(39)4-11)56-32(53)13-7-20(42)26(47)21(43)8-13/h1-8,22,27,30,35-48,51H,9H2/t22-,27-,30+,33-,34?/m1/s1. The van der Waals surface area contributed by atoms with E-state index >= 15 is 0 Å². The second-order valence-corrected chi connectivity index (χ2v) is 12.0. The van der Waals surface area contributed by atoms with Crippen LogP contribution < -0.4 is 0 Å². The van der Waals surface area contributed by atoms with Crippen molar-refractivity contribution in [1.82, 2.24) is 0 Å². The smallest absolute Gasteiger partial charge is 0.341 e. The Kier molecular flexibility index (Phi) is 10.0. The van der Waals surface area contributed by atoms with Gasteiger partial charge in [0.1, 0.15) is 18.3 Å². The molecule has 296 valence electrons. The van der Waals surface area contributed by atoms with Gasteiger partial charge in [0.2, 0.25) is 11.6 Å². The summed E-state index contributed by atoms with van der Waals surface area (Å²) in [5.41, 5.74) is -8.65. The van der Waals surface area contributed by atoms with Crippen LogP contribution >= 0.6 is 0 Å². The second-order valence-electron chi connectivity index (χ2n) is 12.0. The Morgan fingerprint density at radius 2 is 0.804 bits per heavy atom. The molecule has 0 radical (unpaired) electrons. The van der Waals surface area contributed by atoms with E-state index in [1.807, 2.05) is 0 Å². The van der Waals surface area contributed by atoms with Crippen molar-refractivity contribution in [3.63, 3.8) is 0 Å². The van der Waals surface area contributed by atoms with Crippen molar-refractivity contribution in [2.75, 3.05) is 6.61 Å². The van der Waals surface area contributed by atoms with Gasteiger partial charge in [0, 0.05) is 11.1 Å². The average Bonchev–Trinajstić information content (AvgIpc) is 3.15. The van der Waals surface area contributed by atoms with Gasteiger partial charge in [-0.15, -0.1) is 0 Å². The van der Waals surface area contributed by atoms with Crippen molar-refractivity contribution in [3.8, 4) is 69.0 Å². The van der Waals surface area contributed by atoms with E-state index < -0.39 is 151 Å². The molecule has 22 nitrogen and oxygen atoms in total. The molecule has 1 unspecified atom stereocenters. The van der Waals surface area contributed by atoms with Crippen LogP contribution in [0.2, 0.25) is 0 Å². The van der Waals surface area contributed by atoms with Crippen molar-refractivity contribution < 1.29 is 110 Å². The summed E-state index contributed by atoms with van der Waals surface area (Å²) in [7, 11) is 0. The first-order valence-electron chi connectivity index (χ1n) is 15.3. The Morgan fingerprint density at radius 3 is 1.14 bits per heavy atom. The van der Waals surface area contributed by atoms with Gasteiger partial charge in [-0.05, 0) is 48.5 Å². The largest absolute Gasteiger partial charge is 0.504 e. The molecule has 1 saturated heterocycles. The molecule has 1 heterocycles. The number of carbonyl (C=O) groups excluding carboxylic acids is 4. The number of rotatable bonds is 9. The fourth-order valence-electron chi connectivity index (χ4n) is 5.69. The van der Waals surface area contributed by atoms with Crippen LogP contribution in [0.15, 0.2) is 48.5 Å². The number of benzene rings is 4. The molecule has 56 heavy (non-hydrogen) atoms. The minimum Gasteiger partial charge on any atom is -0.504 e. The molecule has 15 N–H and O–H groups in total. The number of ketones is 2. The summed E-state index contributed by atoms with van der Waals surface area (Å²) in [5.74, 6) is -27.5. The molecule has 1 aliphatic rings. The minimum absolute atomic E-state index is 0.327. The molecule has 5 atom stereocenters. The molecule has 4 aromatic carbocycles. The highest BCUT2D eigenvalue weighted by atomic mass is 16.8. The van der Waals surface area contributed by atoms with Crippen molar-refractivity contribution in [2.24, 2.45) is 0 Å². The number of hydrogen-bond acceptors (Lipinski definition) is 22. The molecular formula is C34H28O22. The van der Waals surface area contributed by atoms with Crippen LogP contribution in [0, 0.1) is 0 Å². The number of aliphatic hydroxyl groups excluding tert-OH is 3. The highest BCUT2D eigenvalue weighted by Gasteiger charge is 2.77. The van der Waals surface area contributed by atoms with Crippen LogP contribution in [0.25, 0.3) is 0 Å². The zero-order valence-corrected chi connectivity index (χ0v) is 27.6. The number of aromatic hydroxyl groups is 12. The van der Waals surface area contributed by atoms with Crippen LogP contribution in [-0.2, 0) is 14.2 Å². The Hall–Kier alpha value is -7.40. The van der Waals surface area contributed by atoms with Gasteiger partial charge in [-0.1, -0.05) is 0 Å². The first-order valence-corrected chi connectivity index (χ1v) is 15.3. The predicted octanol–water partition coefficient (Wildman–Crippen LogP) is -0.519. The molecule has 0 aromatic heterocycles. The van der Waals surface area contributed by atoms with Crippen LogP contribution in [0.1, 0.15) is 41.4 Å². The first kappa shape index (κ1) is 39.8. The lowest BCUT2D eigenvalue weighted by Crippen LogP contribution is -2.80. The van der Waals surface area contributed by atoms with Crippen LogP contribution in [0.3, 0.4) is 0 Å². The van der Waals surface area contributed by atoms with E-state index in [0.717, 1.165) is 0 Å². The molecule has 4 aromatic rings. The first-order chi connectivity index (χ1) is 26.1. The van der Waals surface area contributed by atoms with Gasteiger partial charge in [-0.3, -0.25) is 9.59 Å². The average molecular weight is 789 g/mol. The van der Waals surface area contributed by atoms with E-state index in [4.69, 9.17) is 14.2 Å². The molecule has 1 aliphatic heterocycles. The Labute approximate surface area is 309 Å². The van der Waals surface area contributed by atoms with Crippen LogP contribution in [0.5, 0.6) is 69.0 Å². The van der Waals surface area contributed by atoms with E-state index in [0.29, 0.717) is 48.5 Å². The summed E-state index contributed by atoms with van der Waals surface area (Å²) in [6, 6.07) is 2.92. The Balaban J connectivity index is 1.94. The maximum absolute atomic E-state index is 14.9. The second kappa shape index (κ2) is 14.1. The van der Waals surface area contributed by atoms with E-state index in [2.05, 4.69) is 0 Å². The van der Waals surface area contributed by atoms with Gasteiger partial charge >= 0.3 is 17.7 Å². The SMILES string of the molecule is O=C(OC1(C(=O)c2cc(O)c(O)c(O)c2)O[C@H](CO)[C@@H](O)[C@H](O)[C@]1(OC(=O)c1cc(O)c(O)c(O)c1)C(=O)c1cc(O)c(O)c(O)c1)c1cc(O)c(O)c(O)c1. The third-order valence-electron chi connectivity index (χ3n) is 8.51. The third-order valence-corrected chi connectivity index (χ3v) is 8.51. The number of phenolic OH excluding ortho intramolecular Hbond substituents is 12. The lowest BCUT2D eigenvalue weighted by Gasteiger charge is -2.53. The number of ether oxygens (including phenoxy) is 3. The topological polar surface area (TPSA) is 399 Å². The van der Waals surface area contributed by atoms with Crippen molar-refractivity contribution in [1.29, 1.82) is 0 Å². The third kappa shape index (κ3) is 6.24. The highest BCUT2D eigenvalue weighted by Crippen LogP contribution is 2.50. The summed E-state index contributed by atoms with van der Waals surface area (Å²) in [6.07, 6.45) is -8.27. The van der Waals surface area contributed by atoms with Gasteiger partial charge in [-0.25, -0.2) is 9.59 Å². The van der Waals surface area contributed by atoms with Crippen LogP contribution in [-0.4, -0.2) is 136 Å². The lowest BCUT2D eigenvalue weighted by atomic mass is 9.71. The highest BCUT2D eigenvalue weighted by molar-refractivity contribution is 6.15. The molecule has 5 rings (SSSR count). The number of aliphatic hydroxyl groups is 3. The summed E-state index contributed by atoms with van der Waals surface area (Å²) in [4.78, 5) is 57.8. The van der Waals surface area contributed by atoms with E-state index in [1.54, 1.807) is 0 Å². The molecule has 0 saturated carbocycles. The maximum Gasteiger partial charge on any atom is 0.341 e. The van der Waals surface area contributed by atoms with Gasteiger partial charge in [0.05, 0.1) is 17.7 Å². The number of phenols is 12. The fraction of sp³-hybridized carbons (Fsp3) is 0.176. The number of carbonyl (C=O) groups is 4. The predicted molar refractivity (Wildman–Crippen MR) is 175 cm³/mol. The molecule has 22 heteroatoms. The van der Waals surface area contributed by atoms with E-state index in [9.17, 15) is 95.8 Å². The van der Waals surface area contributed by atoms with Gasteiger partial charge < -0.3 is 90.8 Å². The maximum atomic E-state index is 14.9. The Bertz CT molecular complexity index is 2210. The molecule has 0 aliphatic carbocycles. The van der Waals surface area contributed by atoms with Crippen molar-refractivity contribution in [3.05, 3.63) is 70.8 Å². The summed E-state index contributed by atoms with van der Waals surface area (Å²) in [6.45, 7) is -1.45. The van der Waals surface area contributed by atoms with E-state index in [-0.39, 0.29) is 0 Å². The van der Waals surface area contributed by atoms with Crippen molar-refractivity contribution >= 4 is 23.5 Å².